The first-order chi connectivity index (χ1) is 13.5. The topological polar surface area (TPSA) is 102 Å². The molecule has 2 unspecified atom stereocenters. The lowest BCUT2D eigenvalue weighted by Crippen LogP contribution is -2.50. The van der Waals surface area contributed by atoms with Crippen LogP contribution in [0.2, 0.25) is 0 Å². The monoisotopic (exact) mass is 409 g/mol. The van der Waals surface area contributed by atoms with E-state index < -0.39 is 16.9 Å². The van der Waals surface area contributed by atoms with E-state index in [1.165, 1.54) is 24.3 Å². The number of ether oxygens (including phenoxy) is 1. The second-order valence-electron chi connectivity index (χ2n) is 6.63. The molecule has 0 spiro atoms. The molecule has 0 bridgehead atoms. The van der Waals surface area contributed by atoms with Gasteiger partial charge in [0.25, 0.3) is 11.6 Å². The summed E-state index contributed by atoms with van der Waals surface area (Å²) in [7, 11) is 0. The first-order valence-electron chi connectivity index (χ1n) is 9.40. The van der Waals surface area contributed by atoms with Crippen molar-refractivity contribution in [1.29, 1.82) is 0 Å². The second-order valence-corrected chi connectivity index (χ2v) is 7.61. The third kappa shape index (κ3) is 6.20. The summed E-state index contributed by atoms with van der Waals surface area (Å²) in [5.74, 6) is 0.0745. The van der Waals surface area contributed by atoms with Crippen LogP contribution >= 0.6 is 11.8 Å². The van der Waals surface area contributed by atoms with Gasteiger partial charge in [0.05, 0.1) is 11.0 Å². The van der Waals surface area contributed by atoms with Gasteiger partial charge in [-0.3, -0.25) is 19.7 Å². The number of nitrogens with zero attached hydrogens (tertiary/aromatic N) is 2. The Labute approximate surface area is 169 Å². The van der Waals surface area contributed by atoms with Crippen LogP contribution in [-0.2, 0) is 9.53 Å². The Morgan fingerprint density at radius 1 is 1.46 bits per heavy atom. The summed E-state index contributed by atoms with van der Waals surface area (Å²) in [6.45, 7) is 3.66. The van der Waals surface area contributed by atoms with Gasteiger partial charge in [-0.05, 0) is 44.3 Å². The van der Waals surface area contributed by atoms with Gasteiger partial charge in [-0.15, -0.1) is 0 Å². The molecule has 0 aromatic heterocycles. The van der Waals surface area contributed by atoms with Crippen molar-refractivity contribution in [1.82, 2.24) is 10.2 Å². The third-order valence-corrected chi connectivity index (χ3v) is 5.32. The Morgan fingerprint density at radius 3 is 2.86 bits per heavy atom. The summed E-state index contributed by atoms with van der Waals surface area (Å²) in [5, 5.41) is 13.7. The zero-order valence-electron chi connectivity index (χ0n) is 16.3. The van der Waals surface area contributed by atoms with Gasteiger partial charge in [0.15, 0.2) is 0 Å². The summed E-state index contributed by atoms with van der Waals surface area (Å²) < 4.78 is 5.63. The number of carbonyl (C=O) groups is 2. The van der Waals surface area contributed by atoms with E-state index in [2.05, 4.69) is 5.32 Å². The van der Waals surface area contributed by atoms with Crippen molar-refractivity contribution in [3.63, 3.8) is 0 Å². The fraction of sp³-hybridized carbons (Fsp3) is 0.579. The van der Waals surface area contributed by atoms with Crippen molar-refractivity contribution >= 4 is 29.3 Å². The smallest absolute Gasteiger partial charge is 0.270 e. The minimum absolute atomic E-state index is 0.0394. The number of thioether (sulfide) groups is 1. The number of non-ortho nitro benzene ring substituents is 1. The summed E-state index contributed by atoms with van der Waals surface area (Å²) in [6, 6.07) is 4.83. The molecule has 0 aliphatic carbocycles. The van der Waals surface area contributed by atoms with Crippen LogP contribution < -0.4 is 5.32 Å². The number of likely N-dealkylation sites (N-methyl/N-ethyl adjacent to an activating group) is 1. The van der Waals surface area contributed by atoms with Gasteiger partial charge >= 0.3 is 0 Å². The number of benzene rings is 1. The molecule has 154 valence electrons. The number of nitrogens with one attached hydrogen (secondary N) is 1. The van der Waals surface area contributed by atoms with Crippen LogP contribution in [0, 0.1) is 10.1 Å². The zero-order chi connectivity index (χ0) is 20.5. The molecule has 28 heavy (non-hydrogen) atoms. The molecule has 2 atom stereocenters. The van der Waals surface area contributed by atoms with Gasteiger partial charge in [-0.1, -0.05) is 6.07 Å². The zero-order valence-corrected chi connectivity index (χ0v) is 17.1. The van der Waals surface area contributed by atoms with Crippen LogP contribution in [0.1, 0.15) is 36.5 Å². The highest BCUT2D eigenvalue weighted by Crippen LogP contribution is 2.16. The first-order valence-corrected chi connectivity index (χ1v) is 10.8. The van der Waals surface area contributed by atoms with Gasteiger partial charge in [-0.2, -0.15) is 11.8 Å². The molecule has 1 N–H and O–H groups in total. The van der Waals surface area contributed by atoms with Gasteiger partial charge in [0, 0.05) is 37.4 Å². The fourth-order valence-electron chi connectivity index (χ4n) is 3.12. The van der Waals surface area contributed by atoms with E-state index in [1.54, 1.807) is 16.7 Å². The average molecular weight is 410 g/mol. The Hall–Kier alpha value is -2.13. The lowest BCUT2D eigenvalue weighted by Gasteiger charge is -2.28. The van der Waals surface area contributed by atoms with Crippen LogP contribution in [0.4, 0.5) is 5.69 Å². The quantitative estimate of drug-likeness (QED) is 0.470. The number of hydrogen-bond acceptors (Lipinski definition) is 6. The highest BCUT2D eigenvalue weighted by atomic mass is 32.2. The Bertz CT molecular complexity index is 694. The number of nitro groups is 1. The van der Waals surface area contributed by atoms with Gasteiger partial charge in [-0.25, -0.2) is 0 Å². The summed E-state index contributed by atoms with van der Waals surface area (Å²) in [6.07, 6.45) is 4.39. The minimum atomic E-state index is -0.680. The van der Waals surface area contributed by atoms with Crippen LogP contribution in [0.5, 0.6) is 0 Å². The third-order valence-electron chi connectivity index (χ3n) is 4.67. The van der Waals surface area contributed by atoms with E-state index in [0.717, 1.165) is 19.4 Å². The van der Waals surface area contributed by atoms with Crippen LogP contribution in [-0.4, -0.2) is 65.5 Å². The van der Waals surface area contributed by atoms with E-state index in [9.17, 15) is 19.7 Å². The van der Waals surface area contributed by atoms with Crippen molar-refractivity contribution < 1.29 is 19.2 Å². The Kier molecular flexibility index (Phi) is 8.72. The lowest BCUT2D eigenvalue weighted by atomic mass is 10.1. The van der Waals surface area contributed by atoms with Crippen LogP contribution in [0.25, 0.3) is 0 Å². The Balaban J connectivity index is 2.10. The van der Waals surface area contributed by atoms with E-state index in [4.69, 9.17) is 4.74 Å². The lowest BCUT2D eigenvalue weighted by molar-refractivity contribution is -0.384. The first kappa shape index (κ1) is 22.2. The van der Waals surface area contributed by atoms with Gasteiger partial charge in [0.1, 0.15) is 6.04 Å². The molecule has 8 nitrogen and oxygen atoms in total. The maximum Gasteiger partial charge on any atom is 0.270 e. The summed E-state index contributed by atoms with van der Waals surface area (Å²) in [4.78, 5) is 37.8. The minimum Gasteiger partial charge on any atom is -0.376 e. The van der Waals surface area contributed by atoms with E-state index in [1.807, 2.05) is 13.2 Å². The highest BCUT2D eigenvalue weighted by Gasteiger charge is 2.28. The SMILES string of the molecule is CCN(CC1CCCO1)C(=O)C(CCSC)NC(=O)c1cccc([N+](=O)[O-])c1. The molecule has 1 saturated heterocycles. The van der Waals surface area contributed by atoms with Crippen molar-refractivity contribution in [2.45, 2.75) is 38.3 Å². The van der Waals surface area contributed by atoms with Crippen LogP contribution in [0.3, 0.4) is 0 Å². The van der Waals surface area contributed by atoms with Crippen molar-refractivity contribution in [2.24, 2.45) is 0 Å². The largest absolute Gasteiger partial charge is 0.376 e. The molecule has 1 heterocycles. The van der Waals surface area contributed by atoms with Gasteiger partial charge in [0.2, 0.25) is 5.91 Å². The molecule has 0 saturated carbocycles. The molecule has 1 aromatic rings. The molecule has 0 radical (unpaired) electrons. The molecule has 1 aliphatic heterocycles. The normalized spacial score (nSPS) is 17.1. The van der Waals surface area contributed by atoms with Crippen molar-refractivity contribution in [3.8, 4) is 0 Å². The molecular formula is C19H27N3O5S. The second kappa shape index (κ2) is 11.0. The van der Waals surface area contributed by atoms with E-state index in [-0.39, 0.29) is 23.3 Å². The molecule has 2 rings (SSSR count). The van der Waals surface area contributed by atoms with Crippen molar-refractivity contribution in [2.75, 3.05) is 31.7 Å². The fourth-order valence-corrected chi connectivity index (χ4v) is 3.60. The van der Waals surface area contributed by atoms with Crippen LogP contribution in [0.15, 0.2) is 24.3 Å². The number of nitro benzene ring substituents is 1. The summed E-state index contributed by atoms with van der Waals surface area (Å²) in [5.41, 5.74) is 0.00605. The predicted molar refractivity (Wildman–Crippen MR) is 109 cm³/mol. The molecule has 9 heteroatoms. The molecule has 1 aliphatic rings. The summed E-state index contributed by atoms with van der Waals surface area (Å²) >= 11 is 1.59. The highest BCUT2D eigenvalue weighted by molar-refractivity contribution is 7.98. The number of rotatable bonds is 10. The molecule has 2 amide bonds. The maximum absolute atomic E-state index is 13.0. The average Bonchev–Trinajstić information content (AvgIpc) is 3.21. The number of hydrogen-bond donors (Lipinski definition) is 1. The standard InChI is InChI=1S/C19H27N3O5S/c1-3-21(13-16-8-5-10-27-16)19(24)17(9-11-28-2)20-18(23)14-6-4-7-15(12-14)22(25)26/h4,6-7,12,16-17H,3,5,8-11,13H2,1-2H3,(H,20,23). The van der Waals surface area contributed by atoms with Gasteiger partial charge < -0.3 is 15.0 Å². The number of carbonyl (C=O) groups excluding carboxylic acids is 2. The maximum atomic E-state index is 13.0. The van der Waals surface area contributed by atoms with Crippen molar-refractivity contribution in [3.05, 3.63) is 39.9 Å². The molecule has 1 aromatic carbocycles. The van der Waals surface area contributed by atoms with E-state index >= 15 is 0 Å². The molecular weight excluding hydrogens is 382 g/mol. The molecule has 1 fully saturated rings. The van der Waals surface area contributed by atoms with E-state index in [0.29, 0.717) is 25.3 Å². The number of amides is 2. The predicted octanol–water partition coefficient (Wildman–Crippen LogP) is 2.47. The Morgan fingerprint density at radius 2 is 2.25 bits per heavy atom.